The molecule has 2 aliphatic rings. The Kier molecular flexibility index (Phi) is 3.95. The average Bonchev–Trinajstić information content (AvgIpc) is 3.00. The second kappa shape index (κ2) is 5.88. The van der Waals surface area contributed by atoms with Gasteiger partial charge in [0.2, 0.25) is 5.91 Å². The summed E-state index contributed by atoms with van der Waals surface area (Å²) in [5, 5.41) is 11.7. The van der Waals surface area contributed by atoms with Crippen molar-refractivity contribution in [2.45, 2.75) is 38.5 Å². The minimum Gasteiger partial charge on any atom is -0.481 e. The number of aliphatic carboxylic acids is 1. The molecule has 0 spiro atoms. The van der Waals surface area contributed by atoms with E-state index in [1.807, 2.05) is 6.07 Å². The van der Waals surface area contributed by atoms with E-state index in [1.54, 1.807) is 18.2 Å². The van der Waals surface area contributed by atoms with Crippen LogP contribution in [0.2, 0.25) is 0 Å². The van der Waals surface area contributed by atoms with Gasteiger partial charge in [0.1, 0.15) is 0 Å². The maximum atomic E-state index is 12.2. The highest BCUT2D eigenvalue weighted by molar-refractivity contribution is 5.91. The fraction of sp³-hybridized carbons (Fsp3) is 0.529. The molecule has 4 nitrogen and oxygen atoms in total. The summed E-state index contributed by atoms with van der Waals surface area (Å²) in [6.07, 6.45) is 5.74. The lowest BCUT2D eigenvalue weighted by Crippen LogP contribution is -2.20. The molecular formula is C17H21NO3. The first-order valence-electron chi connectivity index (χ1n) is 7.70. The molecule has 0 heterocycles. The molecule has 2 saturated carbocycles. The second-order valence-corrected chi connectivity index (χ2v) is 6.46. The number of nitrogens with one attached hydrogen (secondary N) is 1. The van der Waals surface area contributed by atoms with Crippen LogP contribution in [0.1, 0.15) is 37.7 Å². The number of carboxylic acid groups (broad SMARTS) is 1. The van der Waals surface area contributed by atoms with Crippen molar-refractivity contribution in [1.82, 2.24) is 0 Å². The van der Waals surface area contributed by atoms with Crippen LogP contribution < -0.4 is 5.32 Å². The van der Waals surface area contributed by atoms with Crippen molar-refractivity contribution >= 4 is 17.6 Å². The molecule has 3 unspecified atom stereocenters. The van der Waals surface area contributed by atoms with Gasteiger partial charge in [-0.15, -0.1) is 0 Å². The van der Waals surface area contributed by atoms with Crippen LogP contribution in [0.5, 0.6) is 0 Å². The first kappa shape index (κ1) is 14.1. The molecule has 0 radical (unpaired) electrons. The first-order chi connectivity index (χ1) is 10.1. The van der Waals surface area contributed by atoms with Crippen LogP contribution in [0.25, 0.3) is 0 Å². The molecule has 3 rings (SSSR count). The van der Waals surface area contributed by atoms with E-state index in [0.29, 0.717) is 23.6 Å². The van der Waals surface area contributed by atoms with Gasteiger partial charge in [0.05, 0.1) is 6.42 Å². The Hall–Kier alpha value is -1.84. The zero-order valence-electron chi connectivity index (χ0n) is 12.0. The van der Waals surface area contributed by atoms with Crippen molar-refractivity contribution in [3.8, 4) is 0 Å². The number of benzene rings is 1. The Morgan fingerprint density at radius 3 is 2.76 bits per heavy atom. The van der Waals surface area contributed by atoms with Crippen LogP contribution in [-0.4, -0.2) is 17.0 Å². The van der Waals surface area contributed by atoms with Gasteiger partial charge in [-0.05, 0) is 54.7 Å². The number of hydrogen-bond donors (Lipinski definition) is 2. The topological polar surface area (TPSA) is 66.4 Å². The van der Waals surface area contributed by atoms with E-state index in [9.17, 15) is 9.59 Å². The molecule has 2 bridgehead atoms. The van der Waals surface area contributed by atoms with E-state index < -0.39 is 5.97 Å². The zero-order valence-corrected chi connectivity index (χ0v) is 12.0. The van der Waals surface area contributed by atoms with Crippen molar-refractivity contribution in [1.29, 1.82) is 0 Å². The lowest BCUT2D eigenvalue weighted by Gasteiger charge is -2.20. The summed E-state index contributed by atoms with van der Waals surface area (Å²) in [5.74, 6) is 1.34. The number of carbonyl (C=O) groups excluding carboxylic acids is 1. The summed E-state index contributed by atoms with van der Waals surface area (Å²) < 4.78 is 0. The molecule has 2 N–H and O–H groups in total. The van der Waals surface area contributed by atoms with Crippen molar-refractivity contribution in [3.63, 3.8) is 0 Å². The van der Waals surface area contributed by atoms with Crippen molar-refractivity contribution in [2.24, 2.45) is 17.8 Å². The predicted octanol–water partition coefficient (Wildman–Crippen LogP) is 3.08. The standard InChI is InChI=1S/C17H21NO3/c19-16(10-14-7-12-4-5-13(14)6-12)18-15-3-1-2-11(8-15)9-17(20)21/h1-3,8,12-14H,4-7,9-10H2,(H,18,19)(H,20,21). The van der Waals surface area contributed by atoms with Gasteiger partial charge in [-0.25, -0.2) is 0 Å². The Labute approximate surface area is 124 Å². The first-order valence-corrected chi connectivity index (χ1v) is 7.70. The Balaban J connectivity index is 1.56. The van der Waals surface area contributed by atoms with Gasteiger partial charge in [0.25, 0.3) is 0 Å². The minimum atomic E-state index is -0.861. The fourth-order valence-electron chi connectivity index (χ4n) is 4.01. The molecule has 0 saturated heterocycles. The smallest absolute Gasteiger partial charge is 0.307 e. The quantitative estimate of drug-likeness (QED) is 0.874. The largest absolute Gasteiger partial charge is 0.481 e. The summed E-state index contributed by atoms with van der Waals surface area (Å²) >= 11 is 0. The average molecular weight is 287 g/mol. The van der Waals surface area contributed by atoms with E-state index in [2.05, 4.69) is 5.32 Å². The second-order valence-electron chi connectivity index (χ2n) is 6.46. The number of amides is 1. The summed E-state index contributed by atoms with van der Waals surface area (Å²) in [5.41, 5.74) is 1.40. The van der Waals surface area contributed by atoms with Crippen molar-refractivity contribution in [2.75, 3.05) is 5.32 Å². The number of fused-ring (bicyclic) bond motifs is 2. The van der Waals surface area contributed by atoms with Crippen molar-refractivity contribution < 1.29 is 14.7 Å². The third-order valence-corrected chi connectivity index (χ3v) is 4.90. The Morgan fingerprint density at radius 1 is 1.24 bits per heavy atom. The van der Waals surface area contributed by atoms with E-state index >= 15 is 0 Å². The Morgan fingerprint density at radius 2 is 2.10 bits per heavy atom. The van der Waals surface area contributed by atoms with E-state index in [4.69, 9.17) is 5.11 Å². The van der Waals surface area contributed by atoms with E-state index in [0.717, 1.165) is 11.8 Å². The monoisotopic (exact) mass is 287 g/mol. The van der Waals surface area contributed by atoms with Gasteiger partial charge in [0.15, 0.2) is 0 Å². The van der Waals surface area contributed by atoms with E-state index in [1.165, 1.54) is 25.7 Å². The molecule has 21 heavy (non-hydrogen) atoms. The van der Waals surface area contributed by atoms with Gasteiger partial charge >= 0.3 is 5.97 Å². The highest BCUT2D eigenvalue weighted by Gasteiger charge is 2.40. The molecule has 2 fully saturated rings. The summed E-state index contributed by atoms with van der Waals surface area (Å²) in [4.78, 5) is 22.9. The van der Waals surface area contributed by atoms with Gasteiger partial charge < -0.3 is 10.4 Å². The molecule has 0 aromatic heterocycles. The van der Waals surface area contributed by atoms with Crippen LogP contribution in [-0.2, 0) is 16.0 Å². The maximum absolute atomic E-state index is 12.2. The number of carboxylic acids is 1. The molecule has 2 aliphatic carbocycles. The van der Waals surface area contributed by atoms with Gasteiger partial charge in [-0.1, -0.05) is 18.6 Å². The number of carbonyl (C=O) groups is 2. The van der Waals surface area contributed by atoms with Gasteiger partial charge in [-0.2, -0.15) is 0 Å². The summed E-state index contributed by atoms with van der Waals surface area (Å²) in [7, 11) is 0. The molecule has 0 aliphatic heterocycles. The molecule has 1 aromatic carbocycles. The zero-order chi connectivity index (χ0) is 14.8. The lowest BCUT2D eigenvalue weighted by molar-refractivity contribution is -0.136. The molecule has 112 valence electrons. The predicted molar refractivity (Wildman–Crippen MR) is 80.0 cm³/mol. The molecule has 3 atom stereocenters. The molecule has 1 amide bonds. The van der Waals surface area contributed by atoms with Gasteiger partial charge in [-0.3, -0.25) is 9.59 Å². The number of anilines is 1. The van der Waals surface area contributed by atoms with Crippen molar-refractivity contribution in [3.05, 3.63) is 29.8 Å². The highest BCUT2D eigenvalue weighted by atomic mass is 16.4. The van der Waals surface area contributed by atoms with E-state index in [-0.39, 0.29) is 12.3 Å². The SMILES string of the molecule is O=C(O)Cc1cccc(NC(=O)CC2CC3CCC2C3)c1. The van der Waals surface area contributed by atoms with Crippen LogP contribution in [0.4, 0.5) is 5.69 Å². The summed E-state index contributed by atoms with van der Waals surface area (Å²) in [6.45, 7) is 0. The van der Waals surface area contributed by atoms with Gasteiger partial charge in [0, 0.05) is 12.1 Å². The fourth-order valence-corrected chi connectivity index (χ4v) is 4.01. The van der Waals surface area contributed by atoms with Crippen LogP contribution in [0, 0.1) is 17.8 Å². The molecule has 4 heteroatoms. The third kappa shape index (κ3) is 3.43. The van der Waals surface area contributed by atoms with Crippen LogP contribution >= 0.6 is 0 Å². The summed E-state index contributed by atoms with van der Waals surface area (Å²) in [6, 6.07) is 7.10. The minimum absolute atomic E-state index is 0.0178. The number of hydrogen-bond acceptors (Lipinski definition) is 2. The molecular weight excluding hydrogens is 266 g/mol. The maximum Gasteiger partial charge on any atom is 0.307 e. The Bertz CT molecular complexity index is 555. The van der Waals surface area contributed by atoms with Crippen LogP contribution in [0.15, 0.2) is 24.3 Å². The van der Waals surface area contributed by atoms with Crippen LogP contribution in [0.3, 0.4) is 0 Å². The third-order valence-electron chi connectivity index (χ3n) is 4.90. The lowest BCUT2D eigenvalue weighted by atomic mass is 9.86. The molecule has 1 aromatic rings. The number of rotatable bonds is 5. The highest BCUT2D eigenvalue weighted by Crippen LogP contribution is 2.49. The normalized spacial score (nSPS) is 26.8.